The summed E-state index contributed by atoms with van der Waals surface area (Å²) in [6, 6.07) is 0. The van der Waals surface area contributed by atoms with Crippen molar-refractivity contribution in [3.05, 3.63) is 12.2 Å². The molecular weight excluding hydrogens is 190 g/mol. The Kier molecular flexibility index (Phi) is 3.55. The normalized spacial score (nSPS) is 26.7. The maximum Gasteiger partial charge on any atom is 0.228 e. The summed E-state index contributed by atoms with van der Waals surface area (Å²) in [7, 11) is 1.79. The second-order valence-electron chi connectivity index (χ2n) is 4.64. The molecule has 86 valence electrons. The van der Waals surface area contributed by atoms with Gasteiger partial charge in [0.15, 0.2) is 0 Å². The van der Waals surface area contributed by atoms with Crippen LogP contribution in [0.1, 0.15) is 27.2 Å². The van der Waals surface area contributed by atoms with Crippen molar-refractivity contribution in [2.75, 3.05) is 13.6 Å². The number of allylic oxidation sites excluding steroid dienone is 1. The lowest BCUT2D eigenvalue weighted by Gasteiger charge is -2.33. The van der Waals surface area contributed by atoms with Crippen molar-refractivity contribution in [1.82, 2.24) is 4.90 Å². The van der Waals surface area contributed by atoms with Crippen LogP contribution >= 0.6 is 0 Å². The Hall–Kier alpha value is -0.830. The fraction of sp³-hybridized carbons (Fsp3) is 0.750. The van der Waals surface area contributed by atoms with E-state index in [1.807, 2.05) is 26.8 Å². The van der Waals surface area contributed by atoms with Gasteiger partial charge in [-0.1, -0.05) is 26.0 Å². The van der Waals surface area contributed by atoms with E-state index in [4.69, 9.17) is 0 Å². The highest BCUT2D eigenvalue weighted by Gasteiger charge is 2.45. The first kappa shape index (κ1) is 12.2. The molecule has 1 amide bonds. The lowest BCUT2D eigenvalue weighted by Crippen LogP contribution is -2.44. The van der Waals surface area contributed by atoms with E-state index >= 15 is 0 Å². The summed E-state index contributed by atoms with van der Waals surface area (Å²) < 4.78 is 0. The Morgan fingerprint density at radius 3 is 2.53 bits per heavy atom. The molecule has 1 rings (SSSR count). The fourth-order valence-corrected chi connectivity index (χ4v) is 2.23. The second-order valence-corrected chi connectivity index (χ2v) is 4.64. The Labute approximate surface area is 91.8 Å². The van der Waals surface area contributed by atoms with Gasteiger partial charge in [0.2, 0.25) is 5.91 Å². The molecule has 1 heterocycles. The number of amides is 1. The van der Waals surface area contributed by atoms with E-state index in [9.17, 15) is 9.90 Å². The third kappa shape index (κ3) is 2.07. The van der Waals surface area contributed by atoms with Gasteiger partial charge in [0.25, 0.3) is 0 Å². The number of aliphatic hydroxyl groups is 1. The van der Waals surface area contributed by atoms with Crippen LogP contribution in [0.2, 0.25) is 0 Å². The molecule has 0 aliphatic carbocycles. The monoisotopic (exact) mass is 211 g/mol. The molecule has 2 atom stereocenters. The Bertz CT molecular complexity index is 273. The van der Waals surface area contributed by atoms with Crippen molar-refractivity contribution in [3.8, 4) is 0 Å². The summed E-state index contributed by atoms with van der Waals surface area (Å²) in [5.41, 5.74) is -0.989. The molecule has 0 spiro atoms. The van der Waals surface area contributed by atoms with Crippen molar-refractivity contribution in [3.63, 3.8) is 0 Å². The SMILES string of the molecule is CC=CC(O)(C(C)C)C1CCN(C)C1=O. The predicted molar refractivity (Wildman–Crippen MR) is 60.3 cm³/mol. The van der Waals surface area contributed by atoms with E-state index in [-0.39, 0.29) is 17.7 Å². The summed E-state index contributed by atoms with van der Waals surface area (Å²) in [5.74, 6) is -0.169. The summed E-state index contributed by atoms with van der Waals surface area (Å²) >= 11 is 0. The fourth-order valence-electron chi connectivity index (χ4n) is 2.23. The predicted octanol–water partition coefficient (Wildman–Crippen LogP) is 1.43. The number of hydrogen-bond donors (Lipinski definition) is 1. The zero-order valence-electron chi connectivity index (χ0n) is 10.0. The van der Waals surface area contributed by atoms with Crippen LogP contribution in [0.15, 0.2) is 12.2 Å². The highest BCUT2D eigenvalue weighted by atomic mass is 16.3. The van der Waals surface area contributed by atoms with Crippen LogP contribution in [0.4, 0.5) is 0 Å². The Morgan fingerprint density at radius 2 is 2.20 bits per heavy atom. The van der Waals surface area contributed by atoms with Gasteiger partial charge in [-0.3, -0.25) is 4.79 Å². The van der Waals surface area contributed by atoms with E-state index in [1.54, 1.807) is 18.0 Å². The first-order valence-electron chi connectivity index (χ1n) is 5.54. The molecule has 3 heteroatoms. The van der Waals surface area contributed by atoms with E-state index < -0.39 is 5.60 Å². The molecule has 2 unspecified atom stereocenters. The van der Waals surface area contributed by atoms with Crippen LogP contribution < -0.4 is 0 Å². The number of carbonyl (C=O) groups excluding carboxylic acids is 1. The molecule has 1 aliphatic heterocycles. The van der Waals surface area contributed by atoms with Gasteiger partial charge >= 0.3 is 0 Å². The molecule has 1 aliphatic rings. The smallest absolute Gasteiger partial charge is 0.228 e. The molecule has 0 bridgehead atoms. The maximum absolute atomic E-state index is 11.9. The van der Waals surface area contributed by atoms with Gasteiger partial charge in [-0.2, -0.15) is 0 Å². The number of hydrogen-bond acceptors (Lipinski definition) is 2. The van der Waals surface area contributed by atoms with Crippen molar-refractivity contribution >= 4 is 5.91 Å². The Balaban J connectivity index is 2.96. The van der Waals surface area contributed by atoms with Crippen LogP contribution in [0, 0.1) is 11.8 Å². The van der Waals surface area contributed by atoms with E-state index in [1.165, 1.54) is 0 Å². The van der Waals surface area contributed by atoms with Crippen LogP contribution in [0.3, 0.4) is 0 Å². The van der Waals surface area contributed by atoms with Crippen molar-refractivity contribution in [1.29, 1.82) is 0 Å². The molecule has 1 saturated heterocycles. The van der Waals surface area contributed by atoms with Gasteiger partial charge in [-0.05, 0) is 19.3 Å². The minimum atomic E-state index is -0.989. The quantitative estimate of drug-likeness (QED) is 0.717. The third-order valence-corrected chi connectivity index (χ3v) is 3.34. The summed E-state index contributed by atoms with van der Waals surface area (Å²) in [6.45, 7) is 6.52. The number of likely N-dealkylation sites (tertiary alicyclic amines) is 1. The van der Waals surface area contributed by atoms with Crippen molar-refractivity contribution < 1.29 is 9.90 Å². The average Bonchev–Trinajstić information content (AvgIpc) is 2.48. The molecule has 15 heavy (non-hydrogen) atoms. The van der Waals surface area contributed by atoms with Gasteiger partial charge in [-0.25, -0.2) is 0 Å². The number of carbonyl (C=O) groups is 1. The Morgan fingerprint density at radius 1 is 1.60 bits per heavy atom. The topological polar surface area (TPSA) is 40.5 Å². The molecule has 0 radical (unpaired) electrons. The molecule has 0 aromatic heterocycles. The minimum Gasteiger partial charge on any atom is -0.385 e. The largest absolute Gasteiger partial charge is 0.385 e. The zero-order valence-corrected chi connectivity index (χ0v) is 10.0. The summed E-state index contributed by atoms with van der Waals surface area (Å²) in [5, 5.41) is 10.5. The molecule has 3 nitrogen and oxygen atoms in total. The van der Waals surface area contributed by atoms with Gasteiger partial charge in [-0.15, -0.1) is 0 Å². The lowest BCUT2D eigenvalue weighted by molar-refractivity contribution is -0.137. The average molecular weight is 211 g/mol. The second kappa shape index (κ2) is 4.35. The highest BCUT2D eigenvalue weighted by molar-refractivity contribution is 5.82. The van der Waals surface area contributed by atoms with E-state index in [0.717, 1.165) is 13.0 Å². The maximum atomic E-state index is 11.9. The highest BCUT2D eigenvalue weighted by Crippen LogP contribution is 2.34. The van der Waals surface area contributed by atoms with Gasteiger partial charge in [0, 0.05) is 13.6 Å². The zero-order chi connectivity index (χ0) is 11.6. The molecule has 0 aromatic rings. The molecule has 0 aromatic carbocycles. The third-order valence-electron chi connectivity index (χ3n) is 3.34. The minimum absolute atomic E-state index is 0.0501. The van der Waals surface area contributed by atoms with E-state index in [0.29, 0.717) is 0 Å². The van der Waals surface area contributed by atoms with Crippen LogP contribution in [-0.4, -0.2) is 35.1 Å². The van der Waals surface area contributed by atoms with Gasteiger partial charge in [0.1, 0.15) is 0 Å². The van der Waals surface area contributed by atoms with Crippen LogP contribution in [-0.2, 0) is 4.79 Å². The number of rotatable bonds is 3. The summed E-state index contributed by atoms with van der Waals surface area (Å²) in [6.07, 6.45) is 4.33. The first-order chi connectivity index (χ1) is 6.93. The van der Waals surface area contributed by atoms with Crippen LogP contribution in [0.25, 0.3) is 0 Å². The van der Waals surface area contributed by atoms with Crippen molar-refractivity contribution in [2.45, 2.75) is 32.8 Å². The molecule has 0 saturated carbocycles. The summed E-state index contributed by atoms with van der Waals surface area (Å²) in [4.78, 5) is 13.6. The molecule has 1 fully saturated rings. The van der Waals surface area contributed by atoms with Gasteiger partial charge in [0.05, 0.1) is 11.5 Å². The van der Waals surface area contributed by atoms with Gasteiger partial charge < -0.3 is 10.0 Å². The lowest BCUT2D eigenvalue weighted by atomic mass is 9.77. The van der Waals surface area contributed by atoms with Crippen LogP contribution in [0.5, 0.6) is 0 Å². The van der Waals surface area contributed by atoms with E-state index in [2.05, 4.69) is 0 Å². The molecule has 1 N–H and O–H groups in total. The standard InChI is InChI=1S/C12H21NO2/c1-5-7-12(15,9(2)3)10-6-8-13(4)11(10)14/h5,7,9-10,15H,6,8H2,1-4H3. The molecular formula is C12H21NO2. The number of nitrogens with zero attached hydrogens (tertiary/aromatic N) is 1. The first-order valence-corrected chi connectivity index (χ1v) is 5.54. The van der Waals surface area contributed by atoms with Crippen molar-refractivity contribution in [2.24, 2.45) is 11.8 Å².